The van der Waals surface area contributed by atoms with Crippen LogP contribution in [0.5, 0.6) is 46.0 Å². The SMILES string of the molecule is Oc1cc2c(cc1O)-c1nc-2nc2[n-]c(nc3nc(nc4[n-]c(n1)c1cc(O)c(O)cc41)-c1cc(O)c(O)cc1-3)c1cc(O)c(O)cc21.[Ni+2]. The number of rotatable bonds is 0. The second kappa shape index (κ2) is 10.1. The number of nitrogens with zero attached hydrogens (tertiary/aromatic N) is 8. The van der Waals surface area contributed by atoms with E-state index in [1.807, 2.05) is 0 Å². The van der Waals surface area contributed by atoms with Gasteiger partial charge in [0.15, 0.2) is 46.0 Å². The van der Waals surface area contributed by atoms with E-state index in [2.05, 4.69) is 39.9 Å². The van der Waals surface area contributed by atoms with Gasteiger partial charge in [0.2, 0.25) is 0 Å². The minimum absolute atomic E-state index is 0. The maximum atomic E-state index is 10.4. The molecule has 0 saturated heterocycles. The molecule has 17 heteroatoms. The van der Waals surface area contributed by atoms with E-state index in [1.165, 1.54) is 48.5 Å². The third-order valence-corrected chi connectivity index (χ3v) is 8.08. The molecule has 49 heavy (non-hydrogen) atoms. The zero-order valence-corrected chi connectivity index (χ0v) is 25.1. The van der Waals surface area contributed by atoms with E-state index in [4.69, 9.17) is 0 Å². The van der Waals surface area contributed by atoms with Gasteiger partial charge in [-0.25, -0.2) is 9.97 Å². The van der Waals surface area contributed by atoms with Crippen LogP contribution in [-0.2, 0) is 16.5 Å². The second-order valence-electron chi connectivity index (χ2n) is 11.0. The average Bonchev–Trinajstić information content (AvgIpc) is 3.74. The van der Waals surface area contributed by atoms with Crippen LogP contribution in [0.2, 0.25) is 0 Å². The van der Waals surface area contributed by atoms with Gasteiger partial charge in [0.1, 0.15) is 0 Å². The molecule has 0 saturated carbocycles. The van der Waals surface area contributed by atoms with E-state index < -0.39 is 46.0 Å². The molecule has 8 bridgehead atoms. The van der Waals surface area contributed by atoms with Crippen LogP contribution in [0, 0.1) is 0 Å². The molecule has 8 N–H and O–H groups in total. The molecule has 0 atom stereocenters. The molecule has 0 radical (unpaired) electrons. The standard InChI is InChI=1S/C32H16N8O8.Ni/c41-17-1-9-10(2-18(17)42)26-33-25(9)37-27-11-3-19(43)20(44)4-12(11)29(34-27)39-31-15-7-23(47)24(48)8-16(15)32(36-31)40-30-14-6-22(46)21(45)5-13(14)28(35-30)38-26;/h1-8H,(H8-2,33,34,35,36,37,38,39,40,41,42,43,44,45,46,47,48);/q-2;+2. The fraction of sp³-hybridized carbons (Fsp3) is 0. The third kappa shape index (κ3) is 4.29. The zero-order chi connectivity index (χ0) is 33.2. The Morgan fingerprint density at radius 3 is 0.735 bits per heavy atom. The molecule has 9 rings (SSSR count). The Labute approximate surface area is 280 Å². The van der Waals surface area contributed by atoms with Crippen LogP contribution in [-0.4, -0.2) is 70.8 Å². The van der Waals surface area contributed by atoms with Gasteiger partial charge in [-0.3, -0.25) is 0 Å². The predicted molar refractivity (Wildman–Crippen MR) is 167 cm³/mol. The smallest absolute Gasteiger partial charge is 0.504 e. The summed E-state index contributed by atoms with van der Waals surface area (Å²) in [5.74, 6) is -3.65. The topological polar surface area (TPSA) is 267 Å². The summed E-state index contributed by atoms with van der Waals surface area (Å²) in [6.45, 7) is 0. The maximum Gasteiger partial charge on any atom is 2.00 e. The number of phenolic OH excluding ortho intramolecular Hbond substituents is 8. The van der Waals surface area contributed by atoms with Gasteiger partial charge >= 0.3 is 16.5 Å². The van der Waals surface area contributed by atoms with Crippen LogP contribution in [0.15, 0.2) is 48.5 Å². The summed E-state index contributed by atoms with van der Waals surface area (Å²) < 4.78 is 0. The summed E-state index contributed by atoms with van der Waals surface area (Å²) >= 11 is 0. The number of phenols is 8. The average molecular weight is 699 g/mol. The Kier molecular flexibility index (Phi) is 6.07. The zero-order valence-electron chi connectivity index (χ0n) is 24.1. The molecule has 0 amide bonds. The van der Waals surface area contributed by atoms with Crippen LogP contribution in [0.3, 0.4) is 0 Å². The first-order valence-corrected chi connectivity index (χ1v) is 14.0. The number of hydrogen-bond donors (Lipinski definition) is 8. The maximum absolute atomic E-state index is 10.4. The quantitative estimate of drug-likeness (QED) is 0.0827. The normalized spacial score (nSPS) is 11.8. The molecule has 7 aromatic rings. The Morgan fingerprint density at radius 2 is 0.510 bits per heavy atom. The van der Waals surface area contributed by atoms with Crippen LogP contribution in [0.1, 0.15) is 0 Å². The van der Waals surface area contributed by atoms with Crippen molar-refractivity contribution in [2.24, 2.45) is 0 Å². The summed E-state index contributed by atoms with van der Waals surface area (Å²) in [5, 5.41) is 84.0. The summed E-state index contributed by atoms with van der Waals surface area (Å²) in [6.07, 6.45) is 0. The van der Waals surface area contributed by atoms with E-state index >= 15 is 0 Å². The van der Waals surface area contributed by atoms with E-state index in [0.717, 1.165) is 0 Å². The molecule has 3 aromatic heterocycles. The Bertz CT molecular complexity index is 2430. The molecule has 5 heterocycles. The van der Waals surface area contributed by atoms with Crippen LogP contribution in [0.25, 0.3) is 89.7 Å². The third-order valence-electron chi connectivity index (χ3n) is 8.08. The Morgan fingerprint density at radius 1 is 0.306 bits per heavy atom. The molecule has 2 aliphatic rings. The minimum Gasteiger partial charge on any atom is -0.504 e. The molecule has 4 aromatic carbocycles. The molecule has 0 spiro atoms. The largest absolute Gasteiger partial charge is 2.00 e. The fourth-order valence-electron chi connectivity index (χ4n) is 5.75. The predicted octanol–water partition coefficient (Wildman–Crippen LogP) is 3.77. The molecule has 242 valence electrons. The van der Waals surface area contributed by atoms with Crippen molar-refractivity contribution in [2.45, 2.75) is 0 Å². The van der Waals surface area contributed by atoms with E-state index in [9.17, 15) is 40.9 Å². The van der Waals surface area contributed by atoms with E-state index in [0.29, 0.717) is 0 Å². The van der Waals surface area contributed by atoms with Gasteiger partial charge in [0.25, 0.3) is 0 Å². The minimum atomic E-state index is -0.459. The van der Waals surface area contributed by atoms with Gasteiger partial charge in [0, 0.05) is 44.8 Å². The van der Waals surface area contributed by atoms with Crippen molar-refractivity contribution in [1.82, 2.24) is 39.9 Å². The first-order valence-electron chi connectivity index (χ1n) is 14.0. The molecular formula is C32H16N8NiO8. The number of aromatic nitrogens is 8. The van der Waals surface area contributed by atoms with Crippen molar-refractivity contribution in [3.05, 3.63) is 48.5 Å². The Balaban J connectivity index is 0.00000348. The number of aromatic hydroxyl groups is 8. The van der Waals surface area contributed by atoms with Crippen LogP contribution < -0.4 is 9.97 Å². The summed E-state index contributed by atoms with van der Waals surface area (Å²) in [7, 11) is 0. The van der Waals surface area contributed by atoms with Gasteiger partial charge in [-0.05, 0) is 70.1 Å². The van der Waals surface area contributed by atoms with Gasteiger partial charge in [0.05, 0.1) is 23.3 Å². The summed E-state index contributed by atoms with van der Waals surface area (Å²) in [4.78, 5) is 36.6. The monoisotopic (exact) mass is 698 g/mol. The Hall–Kier alpha value is -6.87. The van der Waals surface area contributed by atoms with Crippen LogP contribution in [0.4, 0.5) is 0 Å². The number of fused-ring (bicyclic) bond motifs is 20. The van der Waals surface area contributed by atoms with Crippen molar-refractivity contribution in [3.63, 3.8) is 0 Å². The van der Waals surface area contributed by atoms with Gasteiger partial charge in [-0.2, -0.15) is 0 Å². The molecule has 0 aliphatic carbocycles. The molecular weight excluding hydrogens is 683 g/mol. The second-order valence-corrected chi connectivity index (χ2v) is 11.0. The molecule has 2 aliphatic heterocycles. The number of benzene rings is 4. The van der Waals surface area contributed by atoms with Crippen molar-refractivity contribution in [3.8, 4) is 91.5 Å². The first kappa shape index (κ1) is 29.5. The van der Waals surface area contributed by atoms with Gasteiger partial charge in [-0.1, -0.05) is 0 Å². The van der Waals surface area contributed by atoms with Gasteiger partial charge in [-0.15, -0.1) is 0 Å². The number of hydrogen-bond acceptors (Lipinski definition) is 14. The molecule has 0 unspecified atom stereocenters. The van der Waals surface area contributed by atoms with E-state index in [-0.39, 0.29) is 106 Å². The van der Waals surface area contributed by atoms with Crippen LogP contribution >= 0.6 is 0 Å². The van der Waals surface area contributed by atoms with Crippen molar-refractivity contribution < 1.29 is 57.3 Å². The summed E-state index contributed by atoms with van der Waals surface area (Å²) in [6, 6.07) is 9.95. The summed E-state index contributed by atoms with van der Waals surface area (Å²) in [5.41, 5.74) is 1.06. The first-order chi connectivity index (χ1) is 23.0. The fourth-order valence-corrected chi connectivity index (χ4v) is 5.75. The van der Waals surface area contributed by atoms with Crippen molar-refractivity contribution >= 4 is 44.1 Å². The molecule has 16 nitrogen and oxygen atoms in total. The van der Waals surface area contributed by atoms with Crippen molar-refractivity contribution in [2.75, 3.05) is 0 Å². The van der Waals surface area contributed by atoms with Gasteiger partial charge < -0.3 is 70.8 Å². The van der Waals surface area contributed by atoms with E-state index in [1.54, 1.807) is 0 Å². The molecule has 0 fully saturated rings. The van der Waals surface area contributed by atoms with Crippen molar-refractivity contribution in [1.29, 1.82) is 0 Å².